The zero-order valence-corrected chi connectivity index (χ0v) is 21.7. The maximum Gasteiger partial charge on any atom is 0.120 e. The van der Waals surface area contributed by atoms with Crippen molar-refractivity contribution in [3.63, 3.8) is 0 Å². The topological polar surface area (TPSA) is 59.8 Å². The SMILES string of the molecule is Cc1cnn(CCCOc2cccc(CN3CCC[C@](O)(COc4cc(C)c(Cl)c(C)c4)C3)c2)c1. The molecule has 3 aromatic rings. The number of halogens is 1. The van der Waals surface area contributed by atoms with Gasteiger partial charge >= 0.3 is 0 Å². The lowest BCUT2D eigenvalue weighted by molar-refractivity contribution is -0.0621. The average molecular weight is 498 g/mol. The number of nitrogens with zero attached hydrogens (tertiary/aromatic N) is 3. The van der Waals surface area contributed by atoms with E-state index in [-0.39, 0.29) is 6.61 Å². The number of hydrogen-bond acceptors (Lipinski definition) is 5. The Labute approximate surface area is 213 Å². The molecule has 0 amide bonds. The molecule has 0 unspecified atom stereocenters. The lowest BCUT2D eigenvalue weighted by Gasteiger charge is -2.39. The van der Waals surface area contributed by atoms with Crippen molar-refractivity contribution < 1.29 is 14.6 Å². The first-order valence-electron chi connectivity index (χ1n) is 12.3. The molecule has 1 aliphatic heterocycles. The largest absolute Gasteiger partial charge is 0.494 e. The number of aromatic nitrogens is 2. The fourth-order valence-electron chi connectivity index (χ4n) is 4.66. The third kappa shape index (κ3) is 7.23. The van der Waals surface area contributed by atoms with E-state index in [0.717, 1.165) is 66.5 Å². The Morgan fingerprint density at radius 3 is 2.63 bits per heavy atom. The summed E-state index contributed by atoms with van der Waals surface area (Å²) in [6.07, 6.45) is 6.48. The molecule has 0 aliphatic carbocycles. The number of likely N-dealkylation sites (tertiary alicyclic amines) is 1. The Kier molecular flexibility index (Phi) is 8.37. The van der Waals surface area contributed by atoms with Crippen LogP contribution in [0.1, 0.15) is 41.5 Å². The van der Waals surface area contributed by atoms with Crippen molar-refractivity contribution in [1.29, 1.82) is 0 Å². The van der Waals surface area contributed by atoms with Crippen LogP contribution >= 0.6 is 11.6 Å². The monoisotopic (exact) mass is 497 g/mol. The summed E-state index contributed by atoms with van der Waals surface area (Å²) < 4.78 is 13.9. The van der Waals surface area contributed by atoms with Crippen molar-refractivity contribution in [2.75, 3.05) is 26.3 Å². The van der Waals surface area contributed by atoms with Crippen molar-refractivity contribution in [3.8, 4) is 11.5 Å². The first-order valence-corrected chi connectivity index (χ1v) is 12.7. The molecule has 1 atom stereocenters. The highest BCUT2D eigenvalue weighted by atomic mass is 35.5. The summed E-state index contributed by atoms with van der Waals surface area (Å²) in [5, 5.41) is 16.3. The molecule has 35 heavy (non-hydrogen) atoms. The highest BCUT2D eigenvalue weighted by molar-refractivity contribution is 6.32. The molecule has 7 heteroatoms. The van der Waals surface area contributed by atoms with Crippen LogP contribution in [0.25, 0.3) is 0 Å². The van der Waals surface area contributed by atoms with Gasteiger partial charge in [0.1, 0.15) is 23.7 Å². The molecule has 2 heterocycles. The molecule has 1 saturated heterocycles. The van der Waals surface area contributed by atoms with Gasteiger partial charge in [-0.25, -0.2) is 0 Å². The highest BCUT2D eigenvalue weighted by Gasteiger charge is 2.34. The Balaban J connectivity index is 1.27. The van der Waals surface area contributed by atoms with E-state index >= 15 is 0 Å². The van der Waals surface area contributed by atoms with Gasteiger partial charge in [-0.1, -0.05) is 23.7 Å². The summed E-state index contributed by atoms with van der Waals surface area (Å²) in [7, 11) is 0. The quantitative estimate of drug-likeness (QED) is 0.383. The minimum Gasteiger partial charge on any atom is -0.494 e. The molecule has 0 bridgehead atoms. The van der Waals surface area contributed by atoms with Crippen LogP contribution in [-0.4, -0.2) is 51.7 Å². The molecule has 4 rings (SSSR count). The minimum atomic E-state index is -0.876. The molecular weight excluding hydrogens is 462 g/mol. The van der Waals surface area contributed by atoms with Crippen molar-refractivity contribution in [1.82, 2.24) is 14.7 Å². The zero-order valence-electron chi connectivity index (χ0n) is 21.0. The summed E-state index contributed by atoms with van der Waals surface area (Å²) in [4.78, 5) is 2.30. The maximum absolute atomic E-state index is 11.2. The normalized spacial score (nSPS) is 18.5. The van der Waals surface area contributed by atoms with E-state index < -0.39 is 5.60 Å². The van der Waals surface area contributed by atoms with Gasteiger partial charge in [0, 0.05) is 37.3 Å². The zero-order chi connectivity index (χ0) is 24.8. The predicted molar refractivity (Wildman–Crippen MR) is 139 cm³/mol. The van der Waals surface area contributed by atoms with E-state index in [1.165, 1.54) is 11.1 Å². The van der Waals surface area contributed by atoms with Gasteiger partial charge in [0.25, 0.3) is 0 Å². The highest BCUT2D eigenvalue weighted by Crippen LogP contribution is 2.28. The second-order valence-corrected chi connectivity index (χ2v) is 10.2. The van der Waals surface area contributed by atoms with Crippen molar-refractivity contribution in [2.45, 2.75) is 58.7 Å². The third-order valence-electron chi connectivity index (χ3n) is 6.42. The van der Waals surface area contributed by atoms with Crippen LogP contribution in [0.3, 0.4) is 0 Å². The molecular formula is C28H36ClN3O3. The first kappa shape index (κ1) is 25.5. The summed E-state index contributed by atoms with van der Waals surface area (Å²) in [6.45, 7) is 10.0. The second-order valence-electron chi connectivity index (χ2n) is 9.83. The number of aryl methyl sites for hydroxylation is 4. The van der Waals surface area contributed by atoms with Gasteiger partial charge in [0.05, 0.1) is 12.8 Å². The maximum atomic E-state index is 11.2. The molecule has 1 N–H and O–H groups in total. The summed E-state index contributed by atoms with van der Waals surface area (Å²) in [5.74, 6) is 1.63. The number of hydrogen-bond donors (Lipinski definition) is 1. The summed E-state index contributed by atoms with van der Waals surface area (Å²) in [5.41, 5.74) is 3.44. The molecule has 2 aromatic carbocycles. The van der Waals surface area contributed by atoms with Crippen LogP contribution < -0.4 is 9.47 Å². The molecule has 0 saturated carbocycles. The fourth-order valence-corrected chi connectivity index (χ4v) is 4.77. The van der Waals surface area contributed by atoms with E-state index in [1.807, 2.05) is 62.1 Å². The fraction of sp³-hybridized carbons (Fsp3) is 0.464. The van der Waals surface area contributed by atoms with E-state index in [4.69, 9.17) is 21.1 Å². The van der Waals surface area contributed by atoms with Gasteiger partial charge < -0.3 is 14.6 Å². The van der Waals surface area contributed by atoms with E-state index in [2.05, 4.69) is 22.1 Å². The number of β-amino-alcohol motifs (C(OH)–C–C–N with tert-alkyl or cyclic N) is 1. The second kappa shape index (κ2) is 11.5. The molecule has 1 fully saturated rings. The Morgan fingerprint density at radius 1 is 1.09 bits per heavy atom. The van der Waals surface area contributed by atoms with Crippen molar-refractivity contribution in [3.05, 3.63) is 76.1 Å². The molecule has 1 aromatic heterocycles. The van der Waals surface area contributed by atoms with Crippen LogP contribution in [0.15, 0.2) is 48.8 Å². The predicted octanol–water partition coefficient (Wildman–Crippen LogP) is 5.34. The van der Waals surface area contributed by atoms with Crippen LogP contribution in [0.4, 0.5) is 0 Å². The van der Waals surface area contributed by atoms with E-state index in [0.29, 0.717) is 13.2 Å². The van der Waals surface area contributed by atoms with Gasteiger partial charge in [0.15, 0.2) is 0 Å². The standard InChI is InChI=1S/C28H36ClN3O3/c1-21-16-30-32(17-21)11-6-12-34-25-8-4-7-24(15-25)18-31-10-5-9-28(33,19-31)20-35-26-13-22(2)27(29)23(3)14-26/h4,7-8,13-17,33H,5-6,9-12,18-20H2,1-3H3/t28-/m1/s1. The van der Waals surface area contributed by atoms with Crippen molar-refractivity contribution in [2.24, 2.45) is 0 Å². The van der Waals surface area contributed by atoms with E-state index in [1.54, 1.807) is 0 Å². The van der Waals surface area contributed by atoms with Crippen LogP contribution in [-0.2, 0) is 13.1 Å². The Morgan fingerprint density at radius 2 is 1.89 bits per heavy atom. The molecule has 0 radical (unpaired) electrons. The third-order valence-corrected chi connectivity index (χ3v) is 7.02. The Bertz CT molecular complexity index is 1110. The van der Waals surface area contributed by atoms with E-state index in [9.17, 15) is 5.11 Å². The van der Waals surface area contributed by atoms with Gasteiger partial charge in [-0.3, -0.25) is 9.58 Å². The van der Waals surface area contributed by atoms with Crippen LogP contribution in [0.2, 0.25) is 5.02 Å². The number of piperidine rings is 1. The number of aliphatic hydroxyl groups is 1. The summed E-state index contributed by atoms with van der Waals surface area (Å²) >= 11 is 6.27. The number of rotatable bonds is 10. The first-order chi connectivity index (χ1) is 16.8. The molecule has 1 aliphatic rings. The number of ether oxygens (including phenoxy) is 2. The molecule has 0 spiro atoms. The van der Waals surface area contributed by atoms with Gasteiger partial charge in [0.2, 0.25) is 0 Å². The van der Waals surface area contributed by atoms with Gasteiger partial charge in [-0.15, -0.1) is 0 Å². The lowest BCUT2D eigenvalue weighted by atomic mass is 9.93. The molecule has 188 valence electrons. The summed E-state index contributed by atoms with van der Waals surface area (Å²) in [6, 6.07) is 12.1. The smallest absolute Gasteiger partial charge is 0.120 e. The number of benzene rings is 2. The van der Waals surface area contributed by atoms with Crippen LogP contribution in [0, 0.1) is 20.8 Å². The van der Waals surface area contributed by atoms with Crippen LogP contribution in [0.5, 0.6) is 11.5 Å². The Hall–Kier alpha value is -2.54. The average Bonchev–Trinajstić information content (AvgIpc) is 3.24. The molecule has 6 nitrogen and oxygen atoms in total. The van der Waals surface area contributed by atoms with Gasteiger partial charge in [-0.05, 0) is 86.7 Å². The minimum absolute atomic E-state index is 0.267. The van der Waals surface area contributed by atoms with Crippen molar-refractivity contribution >= 4 is 11.6 Å². The lowest BCUT2D eigenvalue weighted by Crippen LogP contribution is -2.51. The van der Waals surface area contributed by atoms with Gasteiger partial charge in [-0.2, -0.15) is 5.10 Å².